The summed E-state index contributed by atoms with van der Waals surface area (Å²) in [5.41, 5.74) is 0. The van der Waals surface area contributed by atoms with Gasteiger partial charge in [0.2, 0.25) is 5.95 Å². The molecule has 80 valence electrons. The molecule has 0 aliphatic heterocycles. The van der Waals surface area contributed by atoms with Crippen LogP contribution in [-0.4, -0.2) is 27.6 Å². The van der Waals surface area contributed by atoms with Crippen molar-refractivity contribution in [3.8, 4) is 0 Å². The van der Waals surface area contributed by atoms with Gasteiger partial charge in [-0.1, -0.05) is 6.92 Å². The van der Waals surface area contributed by atoms with Gasteiger partial charge in [0.1, 0.15) is 0 Å². The van der Waals surface area contributed by atoms with Crippen LogP contribution in [0.15, 0.2) is 12.4 Å². The highest BCUT2D eigenvalue weighted by molar-refractivity contribution is 7.98. The first-order valence-corrected chi connectivity index (χ1v) is 6.47. The van der Waals surface area contributed by atoms with Crippen LogP contribution in [0, 0.1) is 0 Å². The SMILES string of the molecule is CCC(CSC)Nc1nccn1CC. The van der Waals surface area contributed by atoms with Crippen LogP contribution in [0.3, 0.4) is 0 Å². The highest BCUT2D eigenvalue weighted by Crippen LogP contribution is 2.10. The fraction of sp³-hybridized carbons (Fsp3) is 0.700. The Kier molecular flexibility index (Phi) is 4.87. The zero-order chi connectivity index (χ0) is 10.4. The fourth-order valence-electron chi connectivity index (χ4n) is 1.35. The summed E-state index contributed by atoms with van der Waals surface area (Å²) in [6.07, 6.45) is 7.12. The number of aryl methyl sites for hydroxylation is 1. The van der Waals surface area contributed by atoms with Gasteiger partial charge >= 0.3 is 0 Å². The van der Waals surface area contributed by atoms with Gasteiger partial charge in [0.15, 0.2) is 0 Å². The van der Waals surface area contributed by atoms with Gasteiger partial charge in [0, 0.05) is 30.7 Å². The summed E-state index contributed by atoms with van der Waals surface area (Å²) in [5.74, 6) is 2.13. The first-order valence-electron chi connectivity index (χ1n) is 5.08. The molecule has 1 atom stereocenters. The predicted molar refractivity (Wildman–Crippen MR) is 64.0 cm³/mol. The molecule has 3 nitrogen and oxygen atoms in total. The van der Waals surface area contributed by atoms with E-state index in [1.54, 1.807) is 0 Å². The third-order valence-corrected chi connectivity index (χ3v) is 2.99. The molecule has 0 spiro atoms. The number of nitrogens with one attached hydrogen (secondary N) is 1. The summed E-state index contributed by atoms with van der Waals surface area (Å²) in [4.78, 5) is 4.30. The summed E-state index contributed by atoms with van der Waals surface area (Å²) < 4.78 is 2.13. The molecule has 1 N–H and O–H groups in total. The van der Waals surface area contributed by atoms with Crippen LogP contribution in [0.2, 0.25) is 0 Å². The Morgan fingerprint density at radius 3 is 2.93 bits per heavy atom. The number of rotatable bonds is 6. The van der Waals surface area contributed by atoms with Crippen LogP contribution in [0.4, 0.5) is 5.95 Å². The van der Waals surface area contributed by atoms with Gasteiger partial charge < -0.3 is 9.88 Å². The van der Waals surface area contributed by atoms with Crippen molar-refractivity contribution in [3.05, 3.63) is 12.4 Å². The maximum absolute atomic E-state index is 4.30. The normalized spacial score (nSPS) is 12.8. The molecule has 0 amide bonds. The second kappa shape index (κ2) is 5.96. The van der Waals surface area contributed by atoms with E-state index in [1.165, 1.54) is 0 Å². The van der Waals surface area contributed by atoms with Crippen LogP contribution < -0.4 is 5.32 Å². The third kappa shape index (κ3) is 2.94. The molecule has 0 aliphatic carbocycles. The molecule has 0 fully saturated rings. The number of anilines is 1. The Labute approximate surface area is 90.3 Å². The number of imidazole rings is 1. The van der Waals surface area contributed by atoms with Gasteiger partial charge in [-0.05, 0) is 19.6 Å². The minimum Gasteiger partial charge on any atom is -0.352 e. The predicted octanol–water partition coefficient (Wildman–Crippen LogP) is 2.46. The van der Waals surface area contributed by atoms with Gasteiger partial charge in [-0.3, -0.25) is 0 Å². The van der Waals surface area contributed by atoms with E-state index in [0.29, 0.717) is 6.04 Å². The van der Waals surface area contributed by atoms with Crippen LogP contribution >= 0.6 is 11.8 Å². The molecule has 1 heterocycles. The minimum atomic E-state index is 0.526. The summed E-state index contributed by atoms with van der Waals surface area (Å²) >= 11 is 1.87. The van der Waals surface area contributed by atoms with Gasteiger partial charge in [-0.2, -0.15) is 11.8 Å². The highest BCUT2D eigenvalue weighted by Gasteiger charge is 2.08. The van der Waals surface area contributed by atoms with E-state index >= 15 is 0 Å². The molecule has 1 aromatic rings. The lowest BCUT2D eigenvalue weighted by molar-refractivity contribution is 0.717. The van der Waals surface area contributed by atoms with Gasteiger partial charge in [0.25, 0.3) is 0 Å². The topological polar surface area (TPSA) is 29.9 Å². The molecule has 0 aliphatic rings. The quantitative estimate of drug-likeness (QED) is 0.787. The Balaban J connectivity index is 2.56. The first kappa shape index (κ1) is 11.4. The number of aromatic nitrogens is 2. The van der Waals surface area contributed by atoms with E-state index in [1.807, 2.05) is 24.2 Å². The van der Waals surface area contributed by atoms with Gasteiger partial charge in [-0.25, -0.2) is 4.98 Å². The van der Waals surface area contributed by atoms with Crippen molar-refractivity contribution in [3.63, 3.8) is 0 Å². The number of hydrogen-bond donors (Lipinski definition) is 1. The highest BCUT2D eigenvalue weighted by atomic mass is 32.2. The summed E-state index contributed by atoms with van der Waals surface area (Å²) in [6, 6.07) is 0.526. The van der Waals surface area contributed by atoms with Crippen molar-refractivity contribution in [2.75, 3.05) is 17.3 Å². The Hall–Kier alpha value is -0.640. The summed E-state index contributed by atoms with van der Waals surface area (Å²) in [5, 5.41) is 3.46. The molecule has 0 saturated heterocycles. The van der Waals surface area contributed by atoms with E-state index < -0.39 is 0 Å². The number of thioether (sulfide) groups is 1. The Morgan fingerprint density at radius 1 is 1.57 bits per heavy atom. The van der Waals surface area contributed by atoms with Crippen molar-refractivity contribution in [1.82, 2.24) is 9.55 Å². The van der Waals surface area contributed by atoms with Crippen LogP contribution in [-0.2, 0) is 6.54 Å². The zero-order valence-corrected chi connectivity index (χ0v) is 9.97. The monoisotopic (exact) mass is 213 g/mol. The van der Waals surface area contributed by atoms with E-state index in [2.05, 4.69) is 35.0 Å². The maximum Gasteiger partial charge on any atom is 0.203 e. The molecule has 0 radical (unpaired) electrons. The van der Waals surface area contributed by atoms with E-state index in [-0.39, 0.29) is 0 Å². The van der Waals surface area contributed by atoms with Gasteiger partial charge in [-0.15, -0.1) is 0 Å². The second-order valence-corrected chi connectivity index (χ2v) is 4.15. The average Bonchev–Trinajstić information content (AvgIpc) is 2.64. The summed E-state index contributed by atoms with van der Waals surface area (Å²) in [7, 11) is 0. The van der Waals surface area contributed by atoms with E-state index in [4.69, 9.17) is 0 Å². The standard InChI is InChI=1S/C10H19N3S/c1-4-9(8-14-3)12-10-11-6-7-13(10)5-2/h6-7,9H,4-5,8H2,1-3H3,(H,11,12). The molecule has 0 saturated carbocycles. The molecule has 1 unspecified atom stereocenters. The first-order chi connectivity index (χ1) is 6.81. The van der Waals surface area contributed by atoms with Crippen LogP contribution in [0.1, 0.15) is 20.3 Å². The molecule has 0 bridgehead atoms. The van der Waals surface area contributed by atoms with Crippen LogP contribution in [0.25, 0.3) is 0 Å². The van der Waals surface area contributed by atoms with Crippen molar-refractivity contribution in [2.45, 2.75) is 32.9 Å². The van der Waals surface area contributed by atoms with Crippen molar-refractivity contribution in [1.29, 1.82) is 0 Å². The zero-order valence-electron chi connectivity index (χ0n) is 9.16. The number of nitrogens with zero attached hydrogens (tertiary/aromatic N) is 2. The minimum absolute atomic E-state index is 0.526. The van der Waals surface area contributed by atoms with Gasteiger partial charge in [0.05, 0.1) is 0 Å². The molecule has 14 heavy (non-hydrogen) atoms. The molecular weight excluding hydrogens is 194 g/mol. The molecule has 1 aromatic heterocycles. The lowest BCUT2D eigenvalue weighted by Gasteiger charge is -2.16. The summed E-state index contributed by atoms with van der Waals surface area (Å²) in [6.45, 7) is 5.30. The lowest BCUT2D eigenvalue weighted by Crippen LogP contribution is -2.23. The van der Waals surface area contributed by atoms with E-state index in [0.717, 1.165) is 24.7 Å². The van der Waals surface area contributed by atoms with Crippen molar-refractivity contribution >= 4 is 17.7 Å². The fourth-order valence-corrected chi connectivity index (χ4v) is 2.07. The average molecular weight is 213 g/mol. The Bertz CT molecular complexity index is 260. The largest absolute Gasteiger partial charge is 0.352 e. The number of hydrogen-bond acceptors (Lipinski definition) is 3. The third-order valence-electron chi connectivity index (χ3n) is 2.25. The molecule has 4 heteroatoms. The van der Waals surface area contributed by atoms with Crippen molar-refractivity contribution in [2.24, 2.45) is 0 Å². The maximum atomic E-state index is 4.30. The molecule has 1 rings (SSSR count). The molecule has 0 aromatic carbocycles. The Morgan fingerprint density at radius 2 is 2.36 bits per heavy atom. The molecular formula is C10H19N3S. The van der Waals surface area contributed by atoms with E-state index in [9.17, 15) is 0 Å². The lowest BCUT2D eigenvalue weighted by atomic mass is 10.3. The smallest absolute Gasteiger partial charge is 0.203 e. The second-order valence-electron chi connectivity index (χ2n) is 3.24. The van der Waals surface area contributed by atoms with Crippen molar-refractivity contribution < 1.29 is 0 Å². The van der Waals surface area contributed by atoms with Crippen LogP contribution in [0.5, 0.6) is 0 Å².